The molecule has 1 unspecified atom stereocenters. The van der Waals surface area contributed by atoms with Crippen molar-refractivity contribution in [2.24, 2.45) is 15.9 Å². The Balaban J connectivity index is 2.74. The van der Waals surface area contributed by atoms with Crippen LogP contribution in [0.3, 0.4) is 0 Å². The highest BCUT2D eigenvalue weighted by Gasteiger charge is 2.28. The average molecular weight is 152 g/mol. The van der Waals surface area contributed by atoms with E-state index in [1.807, 2.05) is 13.1 Å². The molecular formula is C9H16N2. The Morgan fingerprint density at radius 1 is 1.55 bits per heavy atom. The minimum atomic E-state index is 0.0412. The van der Waals surface area contributed by atoms with E-state index >= 15 is 0 Å². The SMILES string of the molecule is CC1=NCC(C)(C(C)C)N=C1. The first-order chi connectivity index (χ1) is 5.04. The average Bonchev–Trinajstić information content (AvgIpc) is 1.95. The van der Waals surface area contributed by atoms with Gasteiger partial charge in [-0.25, -0.2) is 0 Å². The summed E-state index contributed by atoms with van der Waals surface area (Å²) in [7, 11) is 0. The van der Waals surface area contributed by atoms with Gasteiger partial charge in [0.2, 0.25) is 0 Å². The van der Waals surface area contributed by atoms with Gasteiger partial charge in [0.25, 0.3) is 0 Å². The molecule has 11 heavy (non-hydrogen) atoms. The van der Waals surface area contributed by atoms with Crippen molar-refractivity contribution in [3.8, 4) is 0 Å². The lowest BCUT2D eigenvalue weighted by molar-refractivity contribution is 0.353. The van der Waals surface area contributed by atoms with Crippen molar-refractivity contribution >= 4 is 11.9 Å². The Kier molecular flexibility index (Phi) is 2.12. The molecule has 0 saturated carbocycles. The maximum Gasteiger partial charge on any atom is 0.0798 e. The van der Waals surface area contributed by atoms with Gasteiger partial charge in [-0.1, -0.05) is 13.8 Å². The fourth-order valence-corrected chi connectivity index (χ4v) is 0.939. The molecule has 1 rings (SSSR count). The van der Waals surface area contributed by atoms with E-state index in [-0.39, 0.29) is 5.54 Å². The summed E-state index contributed by atoms with van der Waals surface area (Å²) in [5.74, 6) is 0.565. The quantitative estimate of drug-likeness (QED) is 0.548. The molecule has 0 fully saturated rings. The van der Waals surface area contributed by atoms with Gasteiger partial charge in [-0.15, -0.1) is 0 Å². The van der Waals surface area contributed by atoms with Crippen molar-refractivity contribution in [1.29, 1.82) is 0 Å². The molecule has 2 nitrogen and oxygen atoms in total. The van der Waals surface area contributed by atoms with Crippen LogP contribution in [0.2, 0.25) is 0 Å². The van der Waals surface area contributed by atoms with Crippen LogP contribution in [0, 0.1) is 5.92 Å². The van der Waals surface area contributed by atoms with Gasteiger partial charge in [0, 0.05) is 11.9 Å². The molecule has 0 aromatic rings. The highest BCUT2D eigenvalue weighted by molar-refractivity contribution is 6.29. The van der Waals surface area contributed by atoms with Crippen molar-refractivity contribution in [3.05, 3.63) is 0 Å². The zero-order chi connectivity index (χ0) is 8.48. The number of aliphatic imine (C=N–C) groups is 2. The second-order valence-corrected chi connectivity index (χ2v) is 3.73. The van der Waals surface area contributed by atoms with E-state index in [1.165, 1.54) is 0 Å². The summed E-state index contributed by atoms with van der Waals surface area (Å²) in [6.45, 7) is 9.36. The van der Waals surface area contributed by atoms with Crippen LogP contribution >= 0.6 is 0 Å². The van der Waals surface area contributed by atoms with Crippen LogP contribution in [0.15, 0.2) is 9.98 Å². The maximum absolute atomic E-state index is 4.49. The summed E-state index contributed by atoms with van der Waals surface area (Å²) in [6.07, 6.45) is 1.88. The Bertz CT molecular complexity index is 204. The number of hydrogen-bond donors (Lipinski definition) is 0. The second-order valence-electron chi connectivity index (χ2n) is 3.73. The minimum absolute atomic E-state index is 0.0412. The van der Waals surface area contributed by atoms with E-state index in [2.05, 4.69) is 30.8 Å². The summed E-state index contributed by atoms with van der Waals surface area (Å²) in [4.78, 5) is 8.86. The first-order valence-corrected chi connectivity index (χ1v) is 4.11. The molecule has 0 saturated heterocycles. The molecule has 1 aliphatic heterocycles. The van der Waals surface area contributed by atoms with Crippen LogP contribution in [-0.2, 0) is 0 Å². The number of rotatable bonds is 1. The van der Waals surface area contributed by atoms with Gasteiger partial charge in [-0.3, -0.25) is 9.98 Å². The lowest BCUT2D eigenvalue weighted by Gasteiger charge is -2.29. The molecule has 62 valence electrons. The molecule has 1 heterocycles. The van der Waals surface area contributed by atoms with E-state index in [0.717, 1.165) is 12.3 Å². The van der Waals surface area contributed by atoms with Gasteiger partial charge >= 0.3 is 0 Å². The predicted octanol–water partition coefficient (Wildman–Crippen LogP) is 1.95. The third-order valence-electron chi connectivity index (χ3n) is 2.44. The summed E-state index contributed by atoms with van der Waals surface area (Å²) in [5.41, 5.74) is 1.09. The van der Waals surface area contributed by atoms with Gasteiger partial charge in [0.1, 0.15) is 0 Å². The largest absolute Gasteiger partial charge is 0.286 e. The van der Waals surface area contributed by atoms with Gasteiger partial charge in [0.15, 0.2) is 0 Å². The second kappa shape index (κ2) is 2.76. The van der Waals surface area contributed by atoms with Gasteiger partial charge < -0.3 is 0 Å². The van der Waals surface area contributed by atoms with Gasteiger partial charge in [0.05, 0.1) is 12.1 Å². The Labute approximate surface area is 68.4 Å². The molecule has 0 radical (unpaired) electrons. The monoisotopic (exact) mass is 152 g/mol. The Hall–Kier alpha value is -0.660. The molecule has 0 N–H and O–H groups in total. The Morgan fingerprint density at radius 3 is 2.55 bits per heavy atom. The fourth-order valence-electron chi connectivity index (χ4n) is 0.939. The molecule has 0 aliphatic carbocycles. The van der Waals surface area contributed by atoms with Crippen LogP contribution in [0.5, 0.6) is 0 Å². The van der Waals surface area contributed by atoms with Crippen LogP contribution in [0.4, 0.5) is 0 Å². The van der Waals surface area contributed by atoms with Crippen LogP contribution in [0.1, 0.15) is 27.7 Å². The summed E-state index contributed by atoms with van der Waals surface area (Å²) >= 11 is 0. The molecule has 1 atom stereocenters. The molecule has 1 aliphatic rings. The van der Waals surface area contributed by atoms with Crippen LogP contribution < -0.4 is 0 Å². The van der Waals surface area contributed by atoms with Crippen LogP contribution in [-0.4, -0.2) is 24.0 Å². The van der Waals surface area contributed by atoms with Crippen molar-refractivity contribution < 1.29 is 0 Å². The summed E-state index contributed by atoms with van der Waals surface area (Å²) in [6, 6.07) is 0. The number of hydrogen-bond acceptors (Lipinski definition) is 2. The summed E-state index contributed by atoms with van der Waals surface area (Å²) in [5, 5.41) is 0. The van der Waals surface area contributed by atoms with E-state index in [4.69, 9.17) is 0 Å². The molecule has 0 aromatic carbocycles. The smallest absolute Gasteiger partial charge is 0.0798 e. The van der Waals surface area contributed by atoms with E-state index < -0.39 is 0 Å². The zero-order valence-corrected chi connectivity index (χ0v) is 7.76. The van der Waals surface area contributed by atoms with E-state index in [9.17, 15) is 0 Å². The Morgan fingerprint density at radius 2 is 2.18 bits per heavy atom. The van der Waals surface area contributed by atoms with Crippen LogP contribution in [0.25, 0.3) is 0 Å². The highest BCUT2D eigenvalue weighted by atomic mass is 15.0. The predicted molar refractivity (Wildman–Crippen MR) is 49.7 cm³/mol. The first-order valence-electron chi connectivity index (χ1n) is 4.11. The lowest BCUT2D eigenvalue weighted by atomic mass is 9.88. The van der Waals surface area contributed by atoms with Crippen molar-refractivity contribution in [2.45, 2.75) is 33.2 Å². The third-order valence-corrected chi connectivity index (χ3v) is 2.44. The first kappa shape index (κ1) is 8.44. The zero-order valence-electron chi connectivity index (χ0n) is 7.76. The minimum Gasteiger partial charge on any atom is -0.286 e. The molecular weight excluding hydrogens is 136 g/mol. The van der Waals surface area contributed by atoms with Crippen molar-refractivity contribution in [1.82, 2.24) is 0 Å². The highest BCUT2D eigenvalue weighted by Crippen LogP contribution is 2.23. The molecule has 0 bridgehead atoms. The maximum atomic E-state index is 4.49. The molecule has 0 spiro atoms. The topological polar surface area (TPSA) is 24.7 Å². The molecule has 0 amide bonds. The fraction of sp³-hybridized carbons (Fsp3) is 0.778. The third kappa shape index (κ3) is 1.67. The van der Waals surface area contributed by atoms with Crippen molar-refractivity contribution in [3.63, 3.8) is 0 Å². The molecule has 0 aromatic heterocycles. The van der Waals surface area contributed by atoms with Gasteiger partial charge in [-0.05, 0) is 19.8 Å². The van der Waals surface area contributed by atoms with Crippen molar-refractivity contribution in [2.75, 3.05) is 6.54 Å². The van der Waals surface area contributed by atoms with E-state index in [0.29, 0.717) is 5.92 Å². The number of nitrogens with zero attached hydrogens (tertiary/aromatic N) is 2. The lowest BCUT2D eigenvalue weighted by Crippen LogP contribution is -2.35. The summed E-state index contributed by atoms with van der Waals surface area (Å²) < 4.78 is 0. The van der Waals surface area contributed by atoms with E-state index in [1.54, 1.807) is 0 Å². The normalized spacial score (nSPS) is 30.8. The standard InChI is InChI=1S/C9H16N2/c1-7(2)9(4)6-10-8(3)5-11-9/h5,7H,6H2,1-4H3. The van der Waals surface area contributed by atoms with Gasteiger partial charge in [-0.2, -0.15) is 0 Å². The molecule has 2 heteroatoms.